The van der Waals surface area contributed by atoms with E-state index in [1.807, 2.05) is 11.8 Å². The maximum atomic E-state index is 11.9. The standard InChI is InChI=1S/C12H24N2OS/c1-10(9-16-2)8-14-12(15)11-6-4-3-5-7-13-11/h10-11,13H,3-9H2,1-2H3,(H,14,15). The minimum atomic E-state index is 0.0454. The topological polar surface area (TPSA) is 41.1 Å². The molecule has 0 aromatic heterocycles. The Morgan fingerprint density at radius 1 is 1.50 bits per heavy atom. The van der Waals surface area contributed by atoms with Gasteiger partial charge in [0.25, 0.3) is 0 Å². The molecule has 1 aliphatic rings. The molecule has 1 saturated heterocycles. The Morgan fingerprint density at radius 3 is 3.06 bits per heavy atom. The quantitative estimate of drug-likeness (QED) is 0.772. The van der Waals surface area contributed by atoms with Crippen LogP contribution < -0.4 is 10.6 Å². The highest BCUT2D eigenvalue weighted by Gasteiger charge is 2.19. The van der Waals surface area contributed by atoms with Crippen molar-refractivity contribution in [3.63, 3.8) is 0 Å². The summed E-state index contributed by atoms with van der Waals surface area (Å²) in [7, 11) is 0. The average Bonchev–Trinajstić information content (AvgIpc) is 2.55. The van der Waals surface area contributed by atoms with Gasteiger partial charge in [0.15, 0.2) is 0 Å². The normalized spacial score (nSPS) is 23.5. The fourth-order valence-electron chi connectivity index (χ4n) is 1.99. The van der Waals surface area contributed by atoms with Crippen molar-refractivity contribution in [3.05, 3.63) is 0 Å². The summed E-state index contributed by atoms with van der Waals surface area (Å²) >= 11 is 1.83. The smallest absolute Gasteiger partial charge is 0.237 e. The number of thioether (sulfide) groups is 1. The second kappa shape index (κ2) is 7.96. The largest absolute Gasteiger partial charge is 0.354 e. The van der Waals surface area contributed by atoms with Crippen LogP contribution in [-0.4, -0.2) is 37.0 Å². The first-order chi connectivity index (χ1) is 7.74. The minimum Gasteiger partial charge on any atom is -0.354 e. The van der Waals surface area contributed by atoms with Crippen molar-refractivity contribution in [2.45, 2.75) is 38.6 Å². The van der Waals surface area contributed by atoms with E-state index in [9.17, 15) is 4.79 Å². The van der Waals surface area contributed by atoms with E-state index >= 15 is 0 Å². The van der Waals surface area contributed by atoms with Crippen LogP contribution in [0.15, 0.2) is 0 Å². The molecule has 16 heavy (non-hydrogen) atoms. The van der Waals surface area contributed by atoms with E-state index in [4.69, 9.17) is 0 Å². The van der Waals surface area contributed by atoms with E-state index in [2.05, 4.69) is 23.8 Å². The number of hydrogen-bond donors (Lipinski definition) is 2. The van der Waals surface area contributed by atoms with Crippen molar-refractivity contribution in [1.82, 2.24) is 10.6 Å². The van der Waals surface area contributed by atoms with E-state index < -0.39 is 0 Å². The molecule has 1 amide bonds. The third-order valence-corrected chi connectivity index (χ3v) is 3.86. The van der Waals surface area contributed by atoms with Crippen LogP contribution in [0.2, 0.25) is 0 Å². The van der Waals surface area contributed by atoms with Crippen molar-refractivity contribution in [3.8, 4) is 0 Å². The lowest BCUT2D eigenvalue weighted by atomic mass is 10.1. The van der Waals surface area contributed by atoms with E-state index in [1.54, 1.807) is 0 Å². The predicted molar refractivity (Wildman–Crippen MR) is 70.8 cm³/mol. The fourth-order valence-corrected chi connectivity index (χ4v) is 2.68. The minimum absolute atomic E-state index is 0.0454. The molecule has 3 nitrogen and oxygen atoms in total. The number of nitrogens with one attached hydrogen (secondary N) is 2. The zero-order chi connectivity index (χ0) is 11.8. The molecule has 0 radical (unpaired) electrons. The van der Waals surface area contributed by atoms with Crippen molar-refractivity contribution in [1.29, 1.82) is 0 Å². The summed E-state index contributed by atoms with van der Waals surface area (Å²) in [6, 6.07) is 0.0454. The van der Waals surface area contributed by atoms with E-state index in [1.165, 1.54) is 19.3 Å². The first-order valence-electron chi connectivity index (χ1n) is 6.24. The monoisotopic (exact) mass is 244 g/mol. The number of amides is 1. The van der Waals surface area contributed by atoms with Gasteiger partial charge in [0.2, 0.25) is 5.91 Å². The highest BCUT2D eigenvalue weighted by Crippen LogP contribution is 2.09. The van der Waals surface area contributed by atoms with E-state index in [0.717, 1.165) is 25.3 Å². The van der Waals surface area contributed by atoms with Gasteiger partial charge in [0, 0.05) is 6.54 Å². The highest BCUT2D eigenvalue weighted by molar-refractivity contribution is 7.98. The molecule has 2 N–H and O–H groups in total. The Hall–Kier alpha value is -0.220. The molecule has 2 atom stereocenters. The molecule has 0 aromatic carbocycles. The summed E-state index contributed by atoms with van der Waals surface area (Å²) < 4.78 is 0. The van der Waals surface area contributed by atoms with Crippen LogP contribution in [-0.2, 0) is 4.79 Å². The first-order valence-corrected chi connectivity index (χ1v) is 7.63. The molecule has 1 fully saturated rings. The molecule has 1 rings (SSSR count). The predicted octanol–water partition coefficient (Wildman–Crippen LogP) is 1.63. The molecule has 1 aliphatic heterocycles. The van der Waals surface area contributed by atoms with Gasteiger partial charge in [-0.05, 0) is 37.3 Å². The Bertz CT molecular complexity index is 203. The van der Waals surface area contributed by atoms with Crippen LogP contribution in [0.3, 0.4) is 0 Å². The van der Waals surface area contributed by atoms with Gasteiger partial charge in [-0.1, -0.05) is 19.8 Å². The van der Waals surface area contributed by atoms with Gasteiger partial charge in [-0.15, -0.1) is 0 Å². The summed E-state index contributed by atoms with van der Waals surface area (Å²) in [5, 5.41) is 6.37. The zero-order valence-electron chi connectivity index (χ0n) is 10.4. The summed E-state index contributed by atoms with van der Waals surface area (Å²) in [5.41, 5.74) is 0. The van der Waals surface area contributed by atoms with Crippen LogP contribution in [0.25, 0.3) is 0 Å². The molecule has 0 saturated carbocycles. The summed E-state index contributed by atoms with van der Waals surface area (Å²) in [6.45, 7) is 3.97. The number of carbonyl (C=O) groups excluding carboxylic acids is 1. The molecule has 0 bridgehead atoms. The van der Waals surface area contributed by atoms with Crippen molar-refractivity contribution in [2.24, 2.45) is 5.92 Å². The molecule has 0 aliphatic carbocycles. The van der Waals surface area contributed by atoms with Gasteiger partial charge in [0.1, 0.15) is 0 Å². The lowest BCUT2D eigenvalue weighted by Gasteiger charge is -2.17. The van der Waals surface area contributed by atoms with Crippen molar-refractivity contribution >= 4 is 17.7 Å². The maximum absolute atomic E-state index is 11.9. The lowest BCUT2D eigenvalue weighted by Crippen LogP contribution is -2.45. The van der Waals surface area contributed by atoms with Gasteiger partial charge in [-0.25, -0.2) is 0 Å². The Kier molecular flexibility index (Phi) is 6.88. The van der Waals surface area contributed by atoms with E-state index in [0.29, 0.717) is 5.92 Å². The fraction of sp³-hybridized carbons (Fsp3) is 0.917. The van der Waals surface area contributed by atoms with Crippen LogP contribution in [0.5, 0.6) is 0 Å². The van der Waals surface area contributed by atoms with Gasteiger partial charge >= 0.3 is 0 Å². The third kappa shape index (κ3) is 5.21. The van der Waals surface area contributed by atoms with Crippen LogP contribution in [0.4, 0.5) is 0 Å². The summed E-state index contributed by atoms with van der Waals surface area (Å²) in [6.07, 6.45) is 6.71. The molecule has 4 heteroatoms. The maximum Gasteiger partial charge on any atom is 0.237 e. The highest BCUT2D eigenvalue weighted by atomic mass is 32.2. The third-order valence-electron chi connectivity index (χ3n) is 2.95. The molecule has 94 valence electrons. The first kappa shape index (κ1) is 13.8. The zero-order valence-corrected chi connectivity index (χ0v) is 11.2. The SMILES string of the molecule is CSCC(C)CNC(=O)C1CCCCCN1. The molecule has 0 spiro atoms. The van der Waals surface area contributed by atoms with Gasteiger partial charge in [-0.3, -0.25) is 4.79 Å². The second-order valence-corrected chi connectivity index (χ2v) is 5.57. The summed E-state index contributed by atoms with van der Waals surface area (Å²) in [5.74, 6) is 1.86. The second-order valence-electron chi connectivity index (χ2n) is 4.66. The molecule has 2 unspecified atom stereocenters. The van der Waals surface area contributed by atoms with Crippen LogP contribution in [0, 0.1) is 5.92 Å². The van der Waals surface area contributed by atoms with Gasteiger partial charge < -0.3 is 10.6 Å². The van der Waals surface area contributed by atoms with Gasteiger partial charge in [0.05, 0.1) is 6.04 Å². The van der Waals surface area contributed by atoms with Crippen LogP contribution in [0.1, 0.15) is 32.6 Å². The molecule has 1 heterocycles. The number of rotatable bonds is 5. The number of hydrogen-bond acceptors (Lipinski definition) is 3. The van der Waals surface area contributed by atoms with E-state index in [-0.39, 0.29) is 11.9 Å². The van der Waals surface area contributed by atoms with Crippen molar-refractivity contribution in [2.75, 3.05) is 25.1 Å². The number of carbonyl (C=O) groups is 1. The Morgan fingerprint density at radius 2 is 2.31 bits per heavy atom. The van der Waals surface area contributed by atoms with Gasteiger partial charge in [-0.2, -0.15) is 11.8 Å². The Balaban J connectivity index is 2.22. The molecular formula is C12H24N2OS. The van der Waals surface area contributed by atoms with Crippen LogP contribution >= 0.6 is 11.8 Å². The molecule has 0 aromatic rings. The Labute approximate surface area is 103 Å². The summed E-state index contributed by atoms with van der Waals surface area (Å²) in [4.78, 5) is 11.9. The average molecular weight is 244 g/mol. The lowest BCUT2D eigenvalue weighted by molar-refractivity contribution is -0.123. The van der Waals surface area contributed by atoms with Crippen molar-refractivity contribution < 1.29 is 4.79 Å². The molecular weight excluding hydrogens is 220 g/mol.